The van der Waals surface area contributed by atoms with Crippen LogP contribution in [0.15, 0.2) is 36.4 Å². The third-order valence-electron chi connectivity index (χ3n) is 7.30. The number of carbonyl (C=O) groups excluding carboxylic acids is 2. The first-order chi connectivity index (χ1) is 18.4. The maximum atomic E-state index is 15.0. The molecule has 14 heteroatoms. The number of fused-ring (bicyclic) bond motifs is 2. The van der Waals surface area contributed by atoms with Gasteiger partial charge in [0.15, 0.2) is 0 Å². The number of hydrogen-bond donors (Lipinski definition) is 0. The molecule has 0 bridgehead atoms. The molecule has 0 spiro atoms. The normalized spacial score (nSPS) is 20.2. The lowest BCUT2D eigenvalue weighted by Crippen LogP contribution is -2.70. The number of amides is 2. The summed E-state index contributed by atoms with van der Waals surface area (Å²) in [6.07, 6.45) is -0.242. The lowest BCUT2D eigenvalue weighted by molar-refractivity contribution is -0.346. The average molecular weight is 584 g/mol. The summed E-state index contributed by atoms with van der Waals surface area (Å²) in [5, 5.41) is 0. The molecule has 0 fully saturated rings. The van der Waals surface area contributed by atoms with Crippen molar-refractivity contribution in [2.75, 3.05) is 9.80 Å². The van der Waals surface area contributed by atoms with Gasteiger partial charge in [-0.25, -0.2) is 8.78 Å². The van der Waals surface area contributed by atoms with Crippen molar-refractivity contribution in [3.63, 3.8) is 0 Å². The lowest BCUT2D eigenvalue weighted by Gasteiger charge is -2.42. The molecule has 40 heavy (non-hydrogen) atoms. The molecule has 2 amide bonds. The predicted octanol–water partition coefficient (Wildman–Crippen LogP) is 6.54. The largest absolute Gasteiger partial charge is 0.393 e. The summed E-state index contributed by atoms with van der Waals surface area (Å²) in [4.78, 5) is 25.5. The second-order valence-corrected chi connectivity index (χ2v) is 9.97. The van der Waals surface area contributed by atoms with Crippen LogP contribution >= 0.6 is 0 Å². The van der Waals surface area contributed by atoms with Gasteiger partial charge >= 0.3 is 35.5 Å². The van der Waals surface area contributed by atoms with Crippen LogP contribution in [0, 0.1) is 11.6 Å². The lowest BCUT2D eigenvalue weighted by atomic mass is 9.91. The summed E-state index contributed by atoms with van der Waals surface area (Å²) in [6.45, 7) is 2.26. The molecule has 0 saturated carbocycles. The van der Waals surface area contributed by atoms with Crippen molar-refractivity contribution in [3.05, 3.63) is 59.2 Å². The van der Waals surface area contributed by atoms with Gasteiger partial charge in [-0.3, -0.25) is 9.59 Å². The number of hydrogen-bond acceptors (Lipinski definition) is 2. The van der Waals surface area contributed by atoms with Crippen molar-refractivity contribution in [2.24, 2.45) is 0 Å². The smallest absolute Gasteiger partial charge is 0.304 e. The van der Waals surface area contributed by atoms with Gasteiger partial charge in [-0.2, -0.15) is 35.1 Å². The van der Waals surface area contributed by atoms with E-state index in [1.807, 2.05) is 0 Å². The van der Waals surface area contributed by atoms with Gasteiger partial charge in [0.1, 0.15) is 11.6 Å². The summed E-state index contributed by atoms with van der Waals surface area (Å²) >= 11 is 0. The Morgan fingerprint density at radius 1 is 0.650 bits per heavy atom. The Bertz CT molecular complexity index is 1250. The van der Waals surface area contributed by atoms with Crippen LogP contribution in [-0.2, 0) is 22.4 Å². The molecule has 2 aliphatic rings. The van der Waals surface area contributed by atoms with Crippen LogP contribution in [0.2, 0.25) is 0 Å². The third kappa shape index (κ3) is 4.30. The molecule has 2 aliphatic heterocycles. The van der Waals surface area contributed by atoms with E-state index in [1.165, 1.54) is 0 Å². The maximum absolute atomic E-state index is 15.0. The number of halogens is 10. The first-order valence-electron chi connectivity index (χ1n) is 12.1. The molecule has 2 heterocycles. The van der Waals surface area contributed by atoms with Crippen LogP contribution in [0.1, 0.15) is 37.8 Å². The summed E-state index contributed by atoms with van der Waals surface area (Å²) < 4.78 is 147. The van der Waals surface area contributed by atoms with Gasteiger partial charge in [-0.15, -0.1) is 0 Å². The minimum atomic E-state index is -7.07. The van der Waals surface area contributed by atoms with Crippen molar-refractivity contribution >= 4 is 23.2 Å². The molecule has 0 saturated heterocycles. The Morgan fingerprint density at radius 2 is 0.975 bits per heavy atom. The molecule has 2 aromatic rings. The van der Waals surface area contributed by atoms with E-state index in [4.69, 9.17) is 0 Å². The quantitative estimate of drug-likeness (QED) is 0.375. The topological polar surface area (TPSA) is 40.6 Å². The van der Waals surface area contributed by atoms with Crippen LogP contribution in [0.3, 0.4) is 0 Å². The molecule has 2 aromatic carbocycles. The average Bonchev–Trinajstić information content (AvgIpc) is 2.87. The van der Waals surface area contributed by atoms with E-state index in [0.717, 1.165) is 50.2 Å². The van der Waals surface area contributed by atoms with Gasteiger partial charge in [0.2, 0.25) is 0 Å². The van der Waals surface area contributed by atoms with E-state index in [0.29, 0.717) is 0 Å². The van der Waals surface area contributed by atoms with Crippen molar-refractivity contribution in [2.45, 2.75) is 75.3 Å². The van der Waals surface area contributed by atoms with Crippen molar-refractivity contribution in [3.8, 4) is 0 Å². The second-order valence-electron chi connectivity index (χ2n) is 9.97. The van der Waals surface area contributed by atoms with Crippen LogP contribution in [0.5, 0.6) is 0 Å². The van der Waals surface area contributed by atoms with Gasteiger partial charge in [0.05, 0.1) is 0 Å². The molecule has 0 N–H and O–H groups in total. The Labute approximate surface area is 221 Å². The van der Waals surface area contributed by atoms with Crippen LogP contribution in [0.4, 0.5) is 55.3 Å². The van der Waals surface area contributed by atoms with Gasteiger partial charge in [-0.1, -0.05) is 0 Å². The molecule has 0 aliphatic carbocycles. The molecular formula is C26H22F10N2O2. The second kappa shape index (κ2) is 9.65. The zero-order valence-electron chi connectivity index (χ0n) is 20.9. The zero-order valence-corrected chi connectivity index (χ0v) is 20.9. The Hall–Kier alpha value is -3.32. The van der Waals surface area contributed by atoms with E-state index in [1.54, 1.807) is 0 Å². The number of benzene rings is 2. The highest BCUT2D eigenvalue weighted by Crippen LogP contribution is 2.55. The molecule has 4 nitrogen and oxygen atoms in total. The van der Waals surface area contributed by atoms with Crippen molar-refractivity contribution < 1.29 is 53.5 Å². The highest BCUT2D eigenvalue weighted by atomic mass is 19.4. The van der Waals surface area contributed by atoms with Crippen molar-refractivity contribution in [1.82, 2.24) is 0 Å². The predicted molar refractivity (Wildman–Crippen MR) is 123 cm³/mol. The highest BCUT2D eigenvalue weighted by Gasteiger charge is 2.85. The molecule has 218 valence electrons. The van der Waals surface area contributed by atoms with E-state index < -0.39 is 70.6 Å². The summed E-state index contributed by atoms with van der Waals surface area (Å²) in [5.74, 6) is -34.6. The monoisotopic (exact) mass is 584 g/mol. The highest BCUT2D eigenvalue weighted by molar-refractivity contribution is 6.02. The number of nitrogens with zero attached hydrogens (tertiary/aromatic N) is 2. The van der Waals surface area contributed by atoms with Crippen LogP contribution < -0.4 is 9.80 Å². The number of alkyl halides is 8. The fourth-order valence-corrected chi connectivity index (χ4v) is 5.03. The van der Waals surface area contributed by atoms with Gasteiger partial charge in [-0.05, 0) is 87.1 Å². The Morgan fingerprint density at radius 3 is 1.30 bits per heavy atom. The summed E-state index contributed by atoms with van der Waals surface area (Å²) in [5.41, 5.74) is -1.07. The molecular weight excluding hydrogens is 562 g/mol. The zero-order chi connectivity index (χ0) is 30.0. The van der Waals surface area contributed by atoms with E-state index in [9.17, 15) is 35.9 Å². The third-order valence-corrected chi connectivity index (χ3v) is 7.30. The fourth-order valence-electron chi connectivity index (χ4n) is 5.03. The number of carbonyl (C=O) groups is 2. The number of anilines is 2. The van der Waals surface area contributed by atoms with E-state index >= 15 is 17.6 Å². The Balaban J connectivity index is 1.72. The fraction of sp³-hybridized carbons (Fsp3) is 0.462. The van der Waals surface area contributed by atoms with Gasteiger partial charge in [0.25, 0.3) is 0 Å². The molecule has 0 radical (unpaired) electrons. The first kappa shape index (κ1) is 29.7. The Kier molecular flexibility index (Phi) is 7.16. The van der Waals surface area contributed by atoms with E-state index in [2.05, 4.69) is 0 Å². The van der Waals surface area contributed by atoms with E-state index in [-0.39, 0.29) is 46.6 Å². The number of rotatable bonds is 5. The number of aryl methyl sites for hydroxylation is 2. The minimum Gasteiger partial charge on any atom is -0.304 e. The van der Waals surface area contributed by atoms with Crippen LogP contribution in [-0.4, -0.2) is 47.6 Å². The molecule has 0 aromatic heterocycles. The standard InChI is InChI=1S/C26H22F10N2O2/c1-13-3-5-15-11-17(27)7-9-19(15)37(13)21(39)23(29,30)25(33,34)26(35,36)24(31,32)22(40)38-14(2)4-6-16-12-18(28)8-10-20(16)38/h7-14H,3-6H2,1-2H3. The molecule has 2 unspecified atom stereocenters. The SMILES string of the molecule is CC1CCc2cc(F)ccc2N1C(=O)C(F)(F)C(F)(F)C(F)(F)C(F)(F)C(=O)N1c2ccc(F)cc2CCC1C. The molecule has 2 atom stereocenters. The summed E-state index contributed by atoms with van der Waals surface area (Å²) in [7, 11) is 0. The first-order valence-corrected chi connectivity index (χ1v) is 12.1. The molecule has 4 rings (SSSR count). The van der Waals surface area contributed by atoms with Gasteiger partial charge < -0.3 is 9.80 Å². The van der Waals surface area contributed by atoms with Gasteiger partial charge in [0, 0.05) is 23.5 Å². The minimum absolute atomic E-state index is 0.0299. The van der Waals surface area contributed by atoms with Crippen LogP contribution in [0.25, 0.3) is 0 Å². The summed E-state index contributed by atoms with van der Waals surface area (Å²) in [6, 6.07) is 2.19. The van der Waals surface area contributed by atoms with Crippen molar-refractivity contribution in [1.29, 1.82) is 0 Å². The maximum Gasteiger partial charge on any atom is 0.393 e.